The molecule has 15 heteroatoms. The molecule has 2 N–H and O–H groups in total. The zero-order valence-electron chi connectivity index (χ0n) is 18.9. The van der Waals surface area contributed by atoms with Crippen LogP contribution in [0.25, 0.3) is 0 Å². The number of anilines is 1. The third-order valence-electron chi connectivity index (χ3n) is 4.93. The van der Waals surface area contributed by atoms with E-state index in [0.717, 1.165) is 13.3 Å². The van der Waals surface area contributed by atoms with Crippen LogP contribution in [0.5, 0.6) is 5.88 Å². The molecule has 1 atom stereocenters. The summed E-state index contributed by atoms with van der Waals surface area (Å²) in [5.74, 6) is -2.81. The van der Waals surface area contributed by atoms with Gasteiger partial charge in [-0.25, -0.2) is 17.8 Å². The summed E-state index contributed by atoms with van der Waals surface area (Å²) >= 11 is 0. The number of aromatic amines is 1. The highest BCUT2D eigenvalue weighted by Gasteiger charge is 2.57. The number of halogens is 7. The van der Waals surface area contributed by atoms with Crippen molar-refractivity contribution in [3.63, 3.8) is 0 Å². The Kier molecular flexibility index (Phi) is 4.89. The van der Waals surface area contributed by atoms with E-state index in [1.54, 1.807) is 0 Å². The van der Waals surface area contributed by atoms with Gasteiger partial charge in [0.2, 0.25) is 5.88 Å². The second-order valence-corrected chi connectivity index (χ2v) is 8.51. The number of methoxy groups -OCH3 is 2. The third kappa shape index (κ3) is 4.10. The van der Waals surface area contributed by atoms with Crippen molar-refractivity contribution in [3.8, 4) is 5.88 Å². The number of hydrogen-bond donors (Lipinski definition) is 2. The van der Waals surface area contributed by atoms with E-state index in [2.05, 4.69) is 19.4 Å². The minimum atomic E-state index is -5.20. The van der Waals surface area contributed by atoms with Crippen molar-refractivity contribution < 1.29 is 52.7 Å². The first-order valence-corrected chi connectivity index (χ1v) is 10.1. The number of nitrogens with zero attached hydrogens (tertiary/aromatic N) is 1. The van der Waals surface area contributed by atoms with E-state index in [1.807, 2.05) is 4.72 Å². The van der Waals surface area contributed by atoms with E-state index in [1.165, 1.54) is 0 Å². The molecule has 32 heavy (non-hydrogen) atoms. The average Bonchev–Trinajstić information content (AvgIpc) is 3.08. The largest absolute Gasteiger partial charge is 0.479 e. The van der Waals surface area contributed by atoms with E-state index in [-0.39, 0.29) is 17.3 Å². The van der Waals surface area contributed by atoms with Gasteiger partial charge in [-0.3, -0.25) is 4.72 Å². The van der Waals surface area contributed by atoms with E-state index >= 15 is 0 Å². The first-order chi connectivity index (χ1) is 15.8. The van der Waals surface area contributed by atoms with Gasteiger partial charge in [-0.15, -0.1) is 0 Å². The molecule has 0 aromatic carbocycles. The number of aromatic nitrogens is 2. The van der Waals surface area contributed by atoms with Crippen molar-refractivity contribution >= 4 is 15.7 Å². The zero-order chi connectivity index (χ0) is 26.6. The standard InChI is InChI=1S/C17H16F7N3O4S/c1-30-14-10(5-9(18)13(26-14)16(19,20)21)27-32(28,29)12-7-25-11-6-15(31-2,17(22,23)24)4-3-8(11)12/h5,7,25,27H,3-4,6H2,1-2H3/i2D3. The Morgan fingerprint density at radius 2 is 1.97 bits per heavy atom. The molecule has 3 rings (SSSR count). The first kappa shape index (κ1) is 20.1. The molecule has 0 saturated heterocycles. The lowest BCUT2D eigenvalue weighted by atomic mass is 9.83. The molecule has 2 heterocycles. The second-order valence-electron chi connectivity index (χ2n) is 6.86. The summed E-state index contributed by atoms with van der Waals surface area (Å²) in [6, 6.07) is 0.199. The first-order valence-electron chi connectivity index (χ1n) is 10.1. The fraction of sp³-hybridized carbons (Fsp3) is 0.471. The molecule has 2 aromatic rings. The number of alkyl halides is 6. The molecule has 0 fully saturated rings. The summed E-state index contributed by atoms with van der Waals surface area (Å²) in [5, 5.41) is 0. The number of sulfonamides is 1. The molecule has 178 valence electrons. The molecule has 0 saturated carbocycles. The molecular weight excluding hydrogens is 475 g/mol. The Morgan fingerprint density at radius 3 is 2.53 bits per heavy atom. The summed E-state index contributed by atoms with van der Waals surface area (Å²) < 4.78 is 152. The zero-order valence-corrected chi connectivity index (χ0v) is 16.7. The molecular formula is C17H16F7N3O4S. The highest BCUT2D eigenvalue weighted by molar-refractivity contribution is 7.92. The van der Waals surface area contributed by atoms with Crippen molar-refractivity contribution in [1.29, 1.82) is 0 Å². The summed E-state index contributed by atoms with van der Waals surface area (Å²) in [6.07, 6.45) is -12.0. The number of rotatable bonds is 5. The van der Waals surface area contributed by atoms with Gasteiger partial charge in [0.05, 0.1) is 11.2 Å². The van der Waals surface area contributed by atoms with Crippen molar-refractivity contribution in [2.75, 3.05) is 18.9 Å². The number of pyridine rings is 1. The number of hydrogen-bond acceptors (Lipinski definition) is 5. The highest BCUT2D eigenvalue weighted by atomic mass is 32.2. The van der Waals surface area contributed by atoms with Gasteiger partial charge in [-0.1, -0.05) is 0 Å². The van der Waals surface area contributed by atoms with E-state index in [4.69, 9.17) is 4.11 Å². The predicted octanol–water partition coefficient (Wildman–Crippen LogP) is 3.81. The highest BCUT2D eigenvalue weighted by Crippen LogP contribution is 2.44. The van der Waals surface area contributed by atoms with Crippen LogP contribution in [-0.4, -0.2) is 44.3 Å². The van der Waals surface area contributed by atoms with Gasteiger partial charge in [-0.05, 0) is 18.4 Å². The normalized spacial score (nSPS) is 21.3. The average molecular weight is 494 g/mol. The lowest BCUT2D eigenvalue weighted by Gasteiger charge is -2.37. The summed E-state index contributed by atoms with van der Waals surface area (Å²) in [4.78, 5) is 4.71. The molecule has 0 amide bonds. The van der Waals surface area contributed by atoms with Crippen molar-refractivity contribution in [1.82, 2.24) is 9.97 Å². The third-order valence-corrected chi connectivity index (χ3v) is 6.36. The summed E-state index contributed by atoms with van der Waals surface area (Å²) in [7, 11) is -7.24. The molecule has 1 aliphatic carbocycles. The molecule has 0 radical (unpaired) electrons. The number of fused-ring (bicyclic) bond motifs is 1. The molecule has 0 aliphatic heterocycles. The Balaban J connectivity index is 1.98. The van der Waals surface area contributed by atoms with Gasteiger partial charge in [0, 0.05) is 31.4 Å². The van der Waals surface area contributed by atoms with Crippen LogP contribution in [0.15, 0.2) is 17.2 Å². The van der Waals surface area contributed by atoms with Gasteiger partial charge in [-0.2, -0.15) is 26.3 Å². The fourth-order valence-electron chi connectivity index (χ4n) is 3.33. The van der Waals surface area contributed by atoms with E-state index in [9.17, 15) is 39.2 Å². The van der Waals surface area contributed by atoms with Gasteiger partial charge in [0.15, 0.2) is 17.1 Å². The van der Waals surface area contributed by atoms with Crippen molar-refractivity contribution in [2.24, 2.45) is 0 Å². The lowest BCUT2D eigenvalue weighted by Crippen LogP contribution is -2.51. The van der Waals surface area contributed by atoms with Crippen LogP contribution >= 0.6 is 0 Å². The summed E-state index contributed by atoms with van der Waals surface area (Å²) in [6.45, 7) is 0. The Morgan fingerprint density at radius 1 is 1.28 bits per heavy atom. The molecule has 1 unspecified atom stereocenters. The lowest BCUT2D eigenvalue weighted by molar-refractivity contribution is -0.273. The minimum Gasteiger partial charge on any atom is -0.479 e. The number of nitrogens with one attached hydrogen (secondary N) is 2. The van der Waals surface area contributed by atoms with Crippen molar-refractivity contribution in [2.45, 2.75) is 42.1 Å². The maximum Gasteiger partial charge on any atom is 0.436 e. The van der Waals surface area contributed by atoms with Crippen LogP contribution in [0, 0.1) is 5.82 Å². The number of ether oxygens (including phenoxy) is 2. The monoisotopic (exact) mass is 494 g/mol. The van der Waals surface area contributed by atoms with Crippen molar-refractivity contribution in [3.05, 3.63) is 35.0 Å². The maximum atomic E-state index is 13.9. The van der Waals surface area contributed by atoms with Crippen LogP contribution in [0.1, 0.15) is 27.5 Å². The molecule has 7 nitrogen and oxygen atoms in total. The second kappa shape index (κ2) is 7.79. The topological polar surface area (TPSA) is 93.3 Å². The Bertz CT molecular complexity index is 1230. The quantitative estimate of drug-likeness (QED) is 0.617. The van der Waals surface area contributed by atoms with Crippen LogP contribution < -0.4 is 9.46 Å². The van der Waals surface area contributed by atoms with Crippen LogP contribution in [0.3, 0.4) is 0 Å². The fourth-order valence-corrected chi connectivity index (χ4v) is 4.64. The molecule has 0 bridgehead atoms. The smallest absolute Gasteiger partial charge is 0.436 e. The predicted molar refractivity (Wildman–Crippen MR) is 95.2 cm³/mol. The Labute approximate surface area is 181 Å². The minimum absolute atomic E-state index is 0.133. The van der Waals surface area contributed by atoms with Crippen LogP contribution in [0.2, 0.25) is 0 Å². The van der Waals surface area contributed by atoms with E-state index < -0.39 is 82.3 Å². The summed E-state index contributed by atoms with van der Waals surface area (Å²) in [5.41, 5.74) is -6.27. The van der Waals surface area contributed by atoms with Crippen LogP contribution in [0.4, 0.5) is 36.4 Å². The van der Waals surface area contributed by atoms with Crippen LogP contribution in [-0.2, 0) is 33.8 Å². The van der Waals surface area contributed by atoms with Gasteiger partial charge in [0.25, 0.3) is 10.0 Å². The molecule has 1 aliphatic rings. The van der Waals surface area contributed by atoms with Gasteiger partial charge >= 0.3 is 12.4 Å². The maximum absolute atomic E-state index is 13.9. The molecule has 0 spiro atoms. The SMILES string of the molecule is [2H]C([2H])([2H])OC1(C(F)(F)F)CCc2c(S(=O)(=O)Nc3cc(F)c(C(F)(F)F)nc3OC)c[nH]c2C1. The number of H-pyrrole nitrogens is 1. The van der Waals surface area contributed by atoms with E-state index in [0.29, 0.717) is 0 Å². The molecule has 2 aromatic heterocycles. The van der Waals surface area contributed by atoms with Gasteiger partial charge < -0.3 is 14.5 Å². The van der Waals surface area contributed by atoms with Gasteiger partial charge in [0.1, 0.15) is 10.6 Å². The Hall–Kier alpha value is -2.55.